The first-order valence-electron chi connectivity index (χ1n) is 10.1. The molecule has 29 heavy (non-hydrogen) atoms. The number of ether oxygens (including phenoxy) is 2. The Kier molecular flexibility index (Phi) is 8.32. The van der Waals surface area contributed by atoms with Crippen LogP contribution >= 0.6 is 14.3 Å². The second kappa shape index (κ2) is 9.91. The van der Waals surface area contributed by atoms with E-state index in [1.807, 2.05) is 13.3 Å². The molecule has 1 aromatic rings. The van der Waals surface area contributed by atoms with Gasteiger partial charge in [-0.05, 0) is 64.8 Å². The number of aromatic nitrogens is 2. The third kappa shape index (κ3) is 7.36. The number of anilines is 1. The van der Waals surface area contributed by atoms with E-state index in [2.05, 4.69) is 11.9 Å². The molecule has 4 atom stereocenters. The Morgan fingerprint density at radius 2 is 1.55 bits per heavy atom. The van der Waals surface area contributed by atoms with E-state index in [4.69, 9.17) is 15.2 Å². The molecule has 0 amide bonds. The molecule has 2 aliphatic rings. The average Bonchev–Trinajstić information content (AvgIpc) is 3.26. The second-order valence-electron chi connectivity index (χ2n) is 8.64. The van der Waals surface area contributed by atoms with Gasteiger partial charge in [0.2, 0.25) is 0 Å². The van der Waals surface area contributed by atoms with Crippen LogP contribution in [0.5, 0.6) is 0 Å². The zero-order chi connectivity index (χ0) is 21.8. The summed E-state index contributed by atoms with van der Waals surface area (Å²) in [5.41, 5.74) is 5.05. The maximum atomic E-state index is 11.9. The molecular weight excluding hydrogens is 412 g/mol. The third-order valence-corrected chi connectivity index (χ3v) is 8.84. The first kappa shape index (κ1) is 24.3. The van der Waals surface area contributed by atoms with Gasteiger partial charge in [-0.3, -0.25) is 4.57 Å². The largest absolute Gasteiger partial charge is 0.383 e. The molecule has 2 N–H and O–H groups in total. The lowest BCUT2D eigenvalue weighted by molar-refractivity contribution is 0.0732. The molecule has 0 spiro atoms. The van der Waals surface area contributed by atoms with Crippen LogP contribution in [0.3, 0.4) is 0 Å². The Hall–Kier alpha value is -0.940. The fraction of sp³-hybridized carbons (Fsp3) is 0.789. The minimum absolute atomic E-state index is 0.0486. The highest BCUT2D eigenvalue weighted by atomic mass is 31.2. The van der Waals surface area contributed by atoms with Gasteiger partial charge in [0, 0.05) is 6.20 Å². The van der Waals surface area contributed by atoms with Crippen LogP contribution in [0.2, 0.25) is 0 Å². The highest BCUT2D eigenvalue weighted by Gasteiger charge is 2.34. The smallest absolute Gasteiger partial charge is 0.349 e. The predicted octanol–water partition coefficient (Wildman–Crippen LogP) is 3.48. The van der Waals surface area contributed by atoms with Crippen LogP contribution in [-0.2, 0) is 25.1 Å². The monoisotopic (exact) mass is 447 g/mol. The van der Waals surface area contributed by atoms with Crippen LogP contribution in [0.4, 0.5) is 5.82 Å². The molecule has 0 aromatic carbocycles. The Labute approximate surface area is 173 Å². The molecule has 2 fully saturated rings. The molecule has 1 aromatic heterocycles. The molecule has 3 rings (SSSR count). The van der Waals surface area contributed by atoms with Crippen molar-refractivity contribution in [2.75, 3.05) is 32.4 Å². The van der Waals surface area contributed by atoms with Gasteiger partial charge in [-0.25, -0.2) is 4.79 Å². The first-order valence-corrected chi connectivity index (χ1v) is 15.5. The van der Waals surface area contributed by atoms with Crippen LogP contribution in [0.15, 0.2) is 17.1 Å². The van der Waals surface area contributed by atoms with Gasteiger partial charge in [0.1, 0.15) is 31.8 Å². The SMILES string of the molecule is CCC1CCC(P(C)(C)=O)O1.CP(C)(=O)C1CCC(Cn2ccc(N)nc2=O)O1. The summed E-state index contributed by atoms with van der Waals surface area (Å²) >= 11 is 0. The summed E-state index contributed by atoms with van der Waals surface area (Å²) in [4.78, 5) is 15.2. The minimum atomic E-state index is -2.22. The summed E-state index contributed by atoms with van der Waals surface area (Å²) in [6.07, 6.45) is 6.63. The van der Waals surface area contributed by atoms with Crippen molar-refractivity contribution in [3.63, 3.8) is 0 Å². The molecule has 4 unspecified atom stereocenters. The number of hydrogen-bond donors (Lipinski definition) is 1. The van der Waals surface area contributed by atoms with E-state index in [1.165, 1.54) is 4.57 Å². The Morgan fingerprint density at radius 1 is 1.03 bits per heavy atom. The lowest BCUT2D eigenvalue weighted by Gasteiger charge is -2.17. The van der Waals surface area contributed by atoms with E-state index in [1.54, 1.807) is 25.6 Å². The molecule has 0 bridgehead atoms. The minimum Gasteiger partial charge on any atom is -0.383 e. The van der Waals surface area contributed by atoms with E-state index < -0.39 is 14.3 Å². The molecule has 2 saturated heterocycles. The van der Waals surface area contributed by atoms with Gasteiger partial charge >= 0.3 is 5.69 Å². The highest BCUT2D eigenvalue weighted by Crippen LogP contribution is 2.49. The summed E-state index contributed by atoms with van der Waals surface area (Å²) in [5, 5.41) is 0. The number of hydrogen-bond acceptors (Lipinski definition) is 7. The third-order valence-electron chi connectivity index (χ3n) is 5.31. The summed E-state index contributed by atoms with van der Waals surface area (Å²) in [6.45, 7) is 9.64. The van der Waals surface area contributed by atoms with E-state index in [0.29, 0.717) is 12.6 Å². The lowest BCUT2D eigenvalue weighted by Crippen LogP contribution is -2.28. The van der Waals surface area contributed by atoms with Crippen molar-refractivity contribution in [2.45, 2.75) is 69.5 Å². The van der Waals surface area contributed by atoms with Gasteiger partial charge in [-0.15, -0.1) is 0 Å². The van der Waals surface area contributed by atoms with Crippen molar-refractivity contribution >= 4 is 20.1 Å². The van der Waals surface area contributed by atoms with Gasteiger partial charge in [-0.2, -0.15) is 4.98 Å². The quantitative estimate of drug-likeness (QED) is 0.688. The Bertz CT molecular complexity index is 831. The fourth-order valence-electron chi connectivity index (χ4n) is 3.52. The van der Waals surface area contributed by atoms with Gasteiger partial charge in [-0.1, -0.05) is 6.92 Å². The molecule has 2 aliphatic heterocycles. The van der Waals surface area contributed by atoms with Gasteiger partial charge in [0.05, 0.1) is 18.8 Å². The van der Waals surface area contributed by atoms with Crippen molar-refractivity contribution in [3.05, 3.63) is 22.7 Å². The fourth-order valence-corrected chi connectivity index (χ4v) is 6.00. The summed E-state index contributed by atoms with van der Waals surface area (Å²) in [7, 11) is -4.21. The summed E-state index contributed by atoms with van der Waals surface area (Å²) in [6, 6.07) is 1.58. The van der Waals surface area contributed by atoms with Crippen molar-refractivity contribution in [1.82, 2.24) is 9.55 Å². The van der Waals surface area contributed by atoms with E-state index >= 15 is 0 Å². The van der Waals surface area contributed by atoms with Crippen molar-refractivity contribution in [2.24, 2.45) is 0 Å². The zero-order valence-electron chi connectivity index (χ0n) is 18.1. The Balaban J connectivity index is 0.000000234. The average molecular weight is 447 g/mol. The van der Waals surface area contributed by atoms with Crippen LogP contribution in [0, 0.1) is 0 Å². The topological polar surface area (TPSA) is 114 Å². The van der Waals surface area contributed by atoms with E-state index in [-0.39, 0.29) is 29.3 Å². The molecule has 0 radical (unpaired) electrons. The van der Waals surface area contributed by atoms with Crippen LogP contribution in [0.25, 0.3) is 0 Å². The highest BCUT2D eigenvalue weighted by molar-refractivity contribution is 7.63. The number of rotatable bonds is 5. The second-order valence-corrected chi connectivity index (χ2v) is 15.5. The Morgan fingerprint density at radius 3 is 1.97 bits per heavy atom. The molecule has 3 heterocycles. The summed E-state index contributed by atoms with van der Waals surface area (Å²) < 4.78 is 36.3. The maximum Gasteiger partial charge on any atom is 0.349 e. The zero-order valence-corrected chi connectivity index (χ0v) is 19.9. The van der Waals surface area contributed by atoms with Crippen LogP contribution < -0.4 is 11.4 Å². The number of nitrogens with two attached hydrogens (primary N) is 1. The van der Waals surface area contributed by atoms with Crippen molar-refractivity contribution in [1.29, 1.82) is 0 Å². The van der Waals surface area contributed by atoms with Gasteiger partial charge < -0.3 is 24.3 Å². The molecule has 8 nitrogen and oxygen atoms in total. The summed E-state index contributed by atoms with van der Waals surface area (Å²) in [5.74, 6) is 0.0838. The van der Waals surface area contributed by atoms with E-state index in [9.17, 15) is 13.9 Å². The molecular formula is C19H35N3O5P2. The van der Waals surface area contributed by atoms with Crippen LogP contribution in [-0.4, -0.2) is 60.1 Å². The van der Waals surface area contributed by atoms with Gasteiger partial charge in [0.25, 0.3) is 0 Å². The first-order chi connectivity index (χ1) is 13.4. The van der Waals surface area contributed by atoms with Crippen LogP contribution in [0.1, 0.15) is 39.0 Å². The number of nitrogens with zero attached hydrogens (tertiary/aromatic N) is 2. The molecule has 0 aliphatic carbocycles. The van der Waals surface area contributed by atoms with Crippen molar-refractivity contribution < 1.29 is 18.6 Å². The molecule has 166 valence electrons. The maximum absolute atomic E-state index is 11.9. The van der Waals surface area contributed by atoms with E-state index in [0.717, 1.165) is 32.1 Å². The van der Waals surface area contributed by atoms with Crippen molar-refractivity contribution in [3.8, 4) is 0 Å². The molecule has 10 heteroatoms. The standard InChI is InChI=1S/C11H18N3O3P.C8H17O2P/c1-18(2,16)10-4-3-8(17-10)7-14-6-5-9(12)13-11(14)15;1-4-7-5-6-8(10-7)11(2,3)9/h5-6,8,10H,3-4,7H2,1-2H3,(H2,12,13,15);7-8H,4-6H2,1-3H3. The number of nitrogen functional groups attached to an aromatic ring is 1. The normalized spacial score (nSPS) is 27.5. The molecule has 0 saturated carbocycles. The van der Waals surface area contributed by atoms with Gasteiger partial charge in [0.15, 0.2) is 0 Å². The lowest BCUT2D eigenvalue weighted by atomic mass is 10.2. The predicted molar refractivity (Wildman–Crippen MR) is 118 cm³/mol.